The molecule has 3 aromatic carbocycles. The van der Waals surface area contributed by atoms with Crippen LogP contribution in [0.2, 0.25) is 5.02 Å². The maximum Gasteiger partial charge on any atom is 0.339 e. The van der Waals surface area contributed by atoms with Gasteiger partial charge in [-0.05, 0) is 54.1 Å². The van der Waals surface area contributed by atoms with Crippen LogP contribution in [0.1, 0.15) is 15.9 Å². The van der Waals surface area contributed by atoms with E-state index < -0.39 is 15.9 Å². The lowest BCUT2D eigenvalue weighted by Crippen LogP contribution is -2.33. The fourth-order valence-corrected chi connectivity index (χ4v) is 4.05. The van der Waals surface area contributed by atoms with Gasteiger partial charge in [0.15, 0.2) is 0 Å². The van der Waals surface area contributed by atoms with Crippen LogP contribution in [0.15, 0.2) is 77.7 Å². The third-order valence-electron chi connectivity index (χ3n) is 4.56. The average Bonchev–Trinajstić information content (AvgIpc) is 2.78. The summed E-state index contributed by atoms with van der Waals surface area (Å²) in [4.78, 5) is 14.4. The molecule has 0 saturated carbocycles. The van der Waals surface area contributed by atoms with Crippen LogP contribution < -0.4 is 4.18 Å². The summed E-state index contributed by atoms with van der Waals surface area (Å²) in [5.74, 6) is -0.691. The standard InChI is InChI=1S/C23H21ClFNO5S/c1-30-15-14-26(23(27)21-4-2-3-5-22(21)24)16-17-6-10-19(11-7-17)31-32(28,29)20-12-8-18(25)9-13-20/h2-13H,14-16H2,1H3. The fraction of sp³-hybridized carbons (Fsp3) is 0.174. The van der Waals surface area contributed by atoms with Gasteiger partial charge in [-0.25, -0.2) is 4.39 Å². The van der Waals surface area contributed by atoms with Crippen LogP contribution in [0.3, 0.4) is 0 Å². The molecule has 0 bridgehead atoms. The molecule has 6 nitrogen and oxygen atoms in total. The number of ether oxygens (including phenoxy) is 1. The van der Waals surface area contributed by atoms with Crippen molar-refractivity contribution < 1.29 is 26.5 Å². The Hall–Kier alpha value is -2.94. The maximum absolute atomic E-state index is 13.0. The quantitative estimate of drug-likeness (QED) is 0.423. The van der Waals surface area contributed by atoms with Crippen molar-refractivity contribution in [1.29, 1.82) is 0 Å². The largest absolute Gasteiger partial charge is 0.383 e. The van der Waals surface area contributed by atoms with Crippen molar-refractivity contribution in [3.05, 3.63) is 94.8 Å². The van der Waals surface area contributed by atoms with Crippen LogP contribution in [-0.4, -0.2) is 39.5 Å². The molecule has 0 atom stereocenters. The van der Waals surface area contributed by atoms with Gasteiger partial charge in [-0.2, -0.15) is 8.42 Å². The minimum atomic E-state index is -4.09. The molecule has 9 heteroatoms. The van der Waals surface area contributed by atoms with Crippen LogP contribution in [0.25, 0.3) is 0 Å². The van der Waals surface area contributed by atoms with Gasteiger partial charge in [-0.15, -0.1) is 0 Å². The van der Waals surface area contributed by atoms with E-state index in [2.05, 4.69) is 0 Å². The minimum Gasteiger partial charge on any atom is -0.383 e. The first-order valence-corrected chi connectivity index (χ1v) is 11.4. The third kappa shape index (κ3) is 6.06. The lowest BCUT2D eigenvalue weighted by molar-refractivity contribution is 0.0680. The Morgan fingerprint density at radius 3 is 2.28 bits per heavy atom. The summed E-state index contributed by atoms with van der Waals surface area (Å²) < 4.78 is 48.0. The number of hydrogen-bond acceptors (Lipinski definition) is 5. The molecule has 0 spiro atoms. The Morgan fingerprint density at radius 2 is 1.66 bits per heavy atom. The highest BCUT2D eigenvalue weighted by Gasteiger charge is 2.19. The molecule has 0 saturated heterocycles. The summed E-state index contributed by atoms with van der Waals surface area (Å²) >= 11 is 6.17. The van der Waals surface area contributed by atoms with Gasteiger partial charge in [0.1, 0.15) is 16.5 Å². The normalized spacial score (nSPS) is 11.2. The second-order valence-electron chi connectivity index (χ2n) is 6.83. The van der Waals surface area contributed by atoms with Crippen LogP contribution in [-0.2, 0) is 21.4 Å². The second kappa shape index (κ2) is 10.6. The molecule has 0 aliphatic heterocycles. The summed E-state index contributed by atoms with van der Waals surface area (Å²) in [5, 5.41) is 0.356. The highest BCUT2D eigenvalue weighted by atomic mass is 35.5. The van der Waals surface area contributed by atoms with Gasteiger partial charge in [0.25, 0.3) is 5.91 Å². The molecule has 0 aliphatic rings. The van der Waals surface area contributed by atoms with Crippen molar-refractivity contribution in [2.45, 2.75) is 11.4 Å². The van der Waals surface area contributed by atoms with E-state index in [1.54, 1.807) is 48.4 Å². The number of rotatable bonds is 9. The zero-order valence-corrected chi connectivity index (χ0v) is 18.8. The molecular formula is C23H21ClFNO5S. The molecule has 0 heterocycles. The zero-order chi connectivity index (χ0) is 23.1. The monoisotopic (exact) mass is 477 g/mol. The molecule has 0 aliphatic carbocycles. The Morgan fingerprint density at radius 1 is 1.00 bits per heavy atom. The smallest absolute Gasteiger partial charge is 0.339 e. The van der Waals surface area contributed by atoms with Gasteiger partial charge >= 0.3 is 10.1 Å². The van der Waals surface area contributed by atoms with Gasteiger partial charge < -0.3 is 13.8 Å². The highest BCUT2D eigenvalue weighted by molar-refractivity contribution is 7.87. The Labute approximate surface area is 191 Å². The zero-order valence-electron chi connectivity index (χ0n) is 17.2. The topological polar surface area (TPSA) is 72.9 Å². The first-order chi connectivity index (χ1) is 15.3. The average molecular weight is 478 g/mol. The first-order valence-electron chi connectivity index (χ1n) is 9.62. The number of amides is 1. The molecule has 32 heavy (non-hydrogen) atoms. The molecule has 0 aromatic heterocycles. The first kappa shape index (κ1) is 23.7. The van der Waals surface area contributed by atoms with Gasteiger partial charge in [-0.1, -0.05) is 35.9 Å². The molecule has 3 rings (SSSR count). The van der Waals surface area contributed by atoms with Crippen LogP contribution in [0, 0.1) is 5.82 Å². The molecule has 0 radical (unpaired) electrons. The van der Waals surface area contributed by atoms with Crippen LogP contribution >= 0.6 is 11.6 Å². The Balaban J connectivity index is 1.74. The van der Waals surface area contributed by atoms with Crippen LogP contribution in [0.4, 0.5) is 4.39 Å². The SMILES string of the molecule is COCCN(Cc1ccc(OS(=O)(=O)c2ccc(F)cc2)cc1)C(=O)c1ccccc1Cl. The van der Waals surface area contributed by atoms with Gasteiger partial charge in [0, 0.05) is 20.2 Å². The van der Waals surface area contributed by atoms with E-state index in [0.717, 1.165) is 29.8 Å². The second-order valence-corrected chi connectivity index (χ2v) is 8.79. The number of benzene rings is 3. The maximum atomic E-state index is 13.0. The van der Waals surface area contributed by atoms with Gasteiger partial charge in [0.05, 0.1) is 17.2 Å². The predicted molar refractivity (Wildman–Crippen MR) is 119 cm³/mol. The van der Waals surface area contributed by atoms with Crippen LogP contribution in [0.5, 0.6) is 5.75 Å². The third-order valence-corrected chi connectivity index (χ3v) is 6.15. The number of halogens is 2. The number of hydrogen-bond donors (Lipinski definition) is 0. The van der Waals surface area contributed by atoms with Crippen molar-refractivity contribution in [1.82, 2.24) is 4.90 Å². The molecule has 0 unspecified atom stereocenters. The van der Waals surface area contributed by atoms with Crippen molar-refractivity contribution in [3.8, 4) is 5.75 Å². The lowest BCUT2D eigenvalue weighted by Gasteiger charge is -2.23. The van der Waals surface area contributed by atoms with Gasteiger partial charge in [0.2, 0.25) is 0 Å². The van der Waals surface area contributed by atoms with E-state index in [4.69, 9.17) is 20.5 Å². The van der Waals surface area contributed by atoms with E-state index in [1.807, 2.05) is 0 Å². The predicted octanol–water partition coefficient (Wildman–Crippen LogP) is 4.54. The lowest BCUT2D eigenvalue weighted by atomic mass is 10.1. The van der Waals surface area contributed by atoms with E-state index >= 15 is 0 Å². The summed E-state index contributed by atoms with van der Waals surface area (Å²) in [6.07, 6.45) is 0. The molecule has 0 fully saturated rings. The molecule has 168 valence electrons. The Bertz CT molecular complexity index is 1170. The fourth-order valence-electron chi connectivity index (χ4n) is 2.91. The summed E-state index contributed by atoms with van der Waals surface area (Å²) in [7, 11) is -2.55. The van der Waals surface area contributed by atoms with E-state index in [9.17, 15) is 17.6 Å². The number of methoxy groups -OCH3 is 1. The molecule has 0 N–H and O–H groups in total. The summed E-state index contributed by atoms with van der Waals surface area (Å²) in [6, 6.07) is 17.4. The molecule has 3 aromatic rings. The molecular weight excluding hydrogens is 457 g/mol. The molecule has 1 amide bonds. The minimum absolute atomic E-state index is 0.0962. The van der Waals surface area contributed by atoms with E-state index in [0.29, 0.717) is 23.7 Å². The van der Waals surface area contributed by atoms with E-state index in [-0.39, 0.29) is 23.1 Å². The van der Waals surface area contributed by atoms with Crippen molar-refractivity contribution in [2.75, 3.05) is 20.3 Å². The number of carbonyl (C=O) groups is 1. The van der Waals surface area contributed by atoms with Crippen molar-refractivity contribution >= 4 is 27.6 Å². The Kier molecular flexibility index (Phi) is 7.84. The van der Waals surface area contributed by atoms with Crippen molar-refractivity contribution in [2.24, 2.45) is 0 Å². The summed E-state index contributed by atoms with van der Waals surface area (Å²) in [5.41, 5.74) is 1.14. The van der Waals surface area contributed by atoms with E-state index in [1.165, 1.54) is 12.1 Å². The number of carbonyl (C=O) groups excluding carboxylic acids is 1. The highest BCUT2D eigenvalue weighted by Crippen LogP contribution is 2.22. The van der Waals surface area contributed by atoms with Crippen molar-refractivity contribution in [3.63, 3.8) is 0 Å². The number of nitrogens with zero attached hydrogens (tertiary/aromatic N) is 1. The van der Waals surface area contributed by atoms with Gasteiger partial charge in [-0.3, -0.25) is 4.79 Å². The summed E-state index contributed by atoms with van der Waals surface area (Å²) in [6.45, 7) is 0.948.